The van der Waals surface area contributed by atoms with E-state index in [1.165, 1.54) is 12.1 Å². The van der Waals surface area contributed by atoms with E-state index in [4.69, 9.17) is 34.8 Å². The average molecular weight is 372 g/mol. The van der Waals surface area contributed by atoms with Crippen LogP contribution in [0.15, 0.2) is 17.0 Å². The highest BCUT2D eigenvalue weighted by atomic mass is 35.6. The Labute approximate surface area is 142 Å². The molecule has 3 nitrogen and oxygen atoms in total. The van der Waals surface area contributed by atoms with E-state index in [9.17, 15) is 14.1 Å². The molecule has 0 saturated heterocycles. The number of alkyl halides is 3. The fourth-order valence-electron chi connectivity index (χ4n) is 2.04. The zero-order chi connectivity index (χ0) is 16.2. The predicted molar refractivity (Wildman–Crippen MR) is 88.2 cm³/mol. The van der Waals surface area contributed by atoms with Gasteiger partial charge in [0.25, 0.3) is 0 Å². The summed E-state index contributed by atoms with van der Waals surface area (Å²) in [5, 5.41) is 9.27. The highest BCUT2D eigenvalue weighted by Gasteiger charge is 2.31. The third kappa shape index (κ3) is 4.59. The molecule has 0 aliphatic carbocycles. The van der Waals surface area contributed by atoms with Gasteiger partial charge >= 0.3 is 5.97 Å². The van der Waals surface area contributed by atoms with Gasteiger partial charge in [0, 0.05) is 11.3 Å². The molecule has 1 N–H and O–H groups in total. The molecule has 0 aromatic heterocycles. The summed E-state index contributed by atoms with van der Waals surface area (Å²) in [5.74, 6) is -0.656. The summed E-state index contributed by atoms with van der Waals surface area (Å²) in [7, 11) is -1.40. The van der Waals surface area contributed by atoms with Crippen molar-refractivity contribution >= 4 is 51.6 Å². The minimum atomic E-state index is -1.74. The van der Waals surface area contributed by atoms with Gasteiger partial charge in [-0.05, 0) is 24.5 Å². The molecule has 0 unspecified atom stereocenters. The van der Waals surface area contributed by atoms with Gasteiger partial charge in [0.15, 0.2) is 0 Å². The highest BCUT2D eigenvalue weighted by Crippen LogP contribution is 2.43. The van der Waals surface area contributed by atoms with Crippen LogP contribution < -0.4 is 0 Å². The SMILES string of the molecule is CCCC[S@@](=O)c1c(C(Cl)(Cl)Cl)ccc(C(=O)O)c1CC. The standard InChI is InChI=1S/C14H17Cl3O3S/c1-3-5-8-21(20)12-9(4-2)10(13(18)19)6-7-11(12)14(15,16)17/h6-7H,3-5,8H2,1-2H3,(H,18,19)/t21-/m1/s1. The average Bonchev–Trinajstić information content (AvgIpc) is 2.41. The van der Waals surface area contributed by atoms with Crippen molar-refractivity contribution in [3.05, 3.63) is 28.8 Å². The smallest absolute Gasteiger partial charge is 0.336 e. The lowest BCUT2D eigenvalue weighted by Crippen LogP contribution is -2.15. The number of carbonyl (C=O) groups is 1. The van der Waals surface area contributed by atoms with E-state index < -0.39 is 20.6 Å². The van der Waals surface area contributed by atoms with E-state index in [1.807, 2.05) is 6.92 Å². The van der Waals surface area contributed by atoms with Crippen LogP contribution in [0.1, 0.15) is 48.2 Å². The van der Waals surface area contributed by atoms with Crippen LogP contribution in [0.25, 0.3) is 0 Å². The first-order valence-corrected chi connectivity index (χ1v) is 9.04. The summed E-state index contributed by atoms with van der Waals surface area (Å²) in [6.45, 7) is 3.78. The van der Waals surface area contributed by atoms with Crippen LogP contribution in [0.3, 0.4) is 0 Å². The fraction of sp³-hybridized carbons (Fsp3) is 0.500. The number of carboxylic acid groups (broad SMARTS) is 1. The molecular weight excluding hydrogens is 355 g/mol. The van der Waals surface area contributed by atoms with Gasteiger partial charge in [0.05, 0.1) is 21.3 Å². The monoisotopic (exact) mass is 370 g/mol. The molecule has 0 amide bonds. The van der Waals surface area contributed by atoms with E-state index in [1.54, 1.807) is 6.92 Å². The van der Waals surface area contributed by atoms with Crippen LogP contribution in [0.5, 0.6) is 0 Å². The van der Waals surface area contributed by atoms with E-state index in [0.717, 1.165) is 12.8 Å². The summed E-state index contributed by atoms with van der Waals surface area (Å²) in [4.78, 5) is 11.7. The molecule has 1 aromatic carbocycles. The summed E-state index contributed by atoms with van der Waals surface area (Å²) >= 11 is 17.9. The Morgan fingerprint density at radius 3 is 2.33 bits per heavy atom. The van der Waals surface area contributed by atoms with Gasteiger partial charge in [-0.2, -0.15) is 0 Å². The van der Waals surface area contributed by atoms with Crippen LogP contribution in [0.2, 0.25) is 0 Å². The molecule has 0 aliphatic rings. The van der Waals surface area contributed by atoms with Crippen LogP contribution in [-0.4, -0.2) is 21.0 Å². The zero-order valence-corrected chi connectivity index (χ0v) is 14.9. The molecule has 0 bridgehead atoms. The number of carboxylic acids is 1. The second kappa shape index (κ2) is 7.82. The van der Waals surface area contributed by atoms with E-state index >= 15 is 0 Å². The first kappa shape index (κ1) is 18.8. The molecule has 0 heterocycles. The molecule has 0 saturated carbocycles. The lowest BCUT2D eigenvalue weighted by Gasteiger charge is -2.20. The van der Waals surface area contributed by atoms with E-state index in [0.29, 0.717) is 28.2 Å². The second-order valence-electron chi connectivity index (χ2n) is 4.53. The number of benzene rings is 1. The minimum Gasteiger partial charge on any atom is -0.478 e. The predicted octanol–water partition coefficient (Wildman–Crippen LogP) is 4.68. The number of aromatic carboxylic acids is 1. The third-order valence-electron chi connectivity index (χ3n) is 3.06. The molecule has 0 fully saturated rings. The highest BCUT2D eigenvalue weighted by molar-refractivity contribution is 7.85. The van der Waals surface area contributed by atoms with Gasteiger partial charge < -0.3 is 5.11 Å². The van der Waals surface area contributed by atoms with Crippen LogP contribution in [0.4, 0.5) is 0 Å². The van der Waals surface area contributed by atoms with Gasteiger partial charge in [0.1, 0.15) is 0 Å². The lowest BCUT2D eigenvalue weighted by molar-refractivity contribution is 0.0695. The molecule has 0 radical (unpaired) electrons. The number of unbranched alkanes of at least 4 members (excludes halogenated alkanes) is 1. The molecule has 1 aromatic rings. The Kier molecular flexibility index (Phi) is 6.98. The number of rotatable bonds is 6. The van der Waals surface area contributed by atoms with Crippen molar-refractivity contribution in [2.75, 3.05) is 5.75 Å². The molecule has 1 rings (SSSR count). The van der Waals surface area contributed by atoms with Crippen molar-refractivity contribution in [2.45, 2.75) is 41.8 Å². The topological polar surface area (TPSA) is 54.4 Å². The minimum absolute atomic E-state index is 0.107. The normalized spacial score (nSPS) is 13.2. The number of hydrogen-bond donors (Lipinski definition) is 1. The van der Waals surface area contributed by atoms with E-state index in [2.05, 4.69) is 0 Å². The van der Waals surface area contributed by atoms with Crippen molar-refractivity contribution in [2.24, 2.45) is 0 Å². The number of hydrogen-bond acceptors (Lipinski definition) is 2. The summed E-state index contributed by atoms with van der Waals surface area (Å²) in [6.07, 6.45) is 2.05. The molecule has 21 heavy (non-hydrogen) atoms. The van der Waals surface area contributed by atoms with Gasteiger partial charge in [0.2, 0.25) is 3.79 Å². The van der Waals surface area contributed by atoms with Crippen molar-refractivity contribution in [1.82, 2.24) is 0 Å². The van der Waals surface area contributed by atoms with Crippen LogP contribution in [-0.2, 0) is 21.0 Å². The Hall–Kier alpha value is -0.290. The van der Waals surface area contributed by atoms with Crippen molar-refractivity contribution in [3.63, 3.8) is 0 Å². The summed E-state index contributed by atoms with van der Waals surface area (Å²) in [5.41, 5.74) is 0.875. The first-order chi connectivity index (χ1) is 9.73. The molecule has 7 heteroatoms. The quantitative estimate of drug-likeness (QED) is 0.739. The second-order valence-corrected chi connectivity index (χ2v) is 8.32. The van der Waals surface area contributed by atoms with Gasteiger partial charge in [-0.3, -0.25) is 4.21 Å². The van der Waals surface area contributed by atoms with Crippen molar-refractivity contribution in [3.8, 4) is 0 Å². The largest absolute Gasteiger partial charge is 0.478 e. The Balaban J connectivity index is 3.55. The molecule has 0 spiro atoms. The van der Waals surface area contributed by atoms with Crippen LogP contribution in [0, 0.1) is 0 Å². The van der Waals surface area contributed by atoms with Crippen molar-refractivity contribution in [1.29, 1.82) is 0 Å². The van der Waals surface area contributed by atoms with E-state index in [-0.39, 0.29) is 5.56 Å². The molecule has 1 atom stereocenters. The molecule has 118 valence electrons. The Bertz CT molecular complexity index is 553. The first-order valence-electron chi connectivity index (χ1n) is 6.58. The zero-order valence-electron chi connectivity index (χ0n) is 11.8. The summed E-state index contributed by atoms with van der Waals surface area (Å²) in [6, 6.07) is 2.84. The maximum atomic E-state index is 12.6. The van der Waals surface area contributed by atoms with Crippen LogP contribution >= 0.6 is 34.8 Å². The molecule has 0 aliphatic heterocycles. The lowest BCUT2D eigenvalue weighted by atomic mass is 10.0. The van der Waals surface area contributed by atoms with Gasteiger partial charge in [-0.15, -0.1) is 0 Å². The summed E-state index contributed by atoms with van der Waals surface area (Å²) < 4.78 is 10.8. The van der Waals surface area contributed by atoms with Gasteiger partial charge in [-0.1, -0.05) is 61.1 Å². The van der Waals surface area contributed by atoms with Gasteiger partial charge in [-0.25, -0.2) is 4.79 Å². The third-order valence-corrected chi connectivity index (χ3v) is 5.25. The van der Waals surface area contributed by atoms with Crippen molar-refractivity contribution < 1.29 is 14.1 Å². The Morgan fingerprint density at radius 2 is 1.90 bits per heavy atom. The maximum absolute atomic E-state index is 12.6. The number of halogens is 3. The fourth-order valence-corrected chi connectivity index (χ4v) is 4.43. The maximum Gasteiger partial charge on any atom is 0.336 e. The Morgan fingerprint density at radius 1 is 1.29 bits per heavy atom. The molecular formula is C14H17Cl3O3S.